The summed E-state index contributed by atoms with van der Waals surface area (Å²) in [5.41, 5.74) is 0. The highest BCUT2D eigenvalue weighted by Gasteiger charge is 2.35. The number of aliphatic carboxylic acids is 2. The van der Waals surface area contributed by atoms with E-state index in [1.807, 2.05) is 0 Å². The Bertz CT molecular complexity index is 239. The van der Waals surface area contributed by atoms with Crippen molar-refractivity contribution >= 4 is 23.5 Å². The second kappa shape index (κ2) is 3.61. The Labute approximate surface area is 66.8 Å². The first-order chi connectivity index (χ1) is 5.37. The van der Waals surface area contributed by atoms with Gasteiger partial charge in [0.05, 0.1) is 0 Å². The van der Waals surface area contributed by atoms with Gasteiger partial charge in [-0.2, -0.15) is 0 Å². The van der Waals surface area contributed by atoms with Gasteiger partial charge in [0.2, 0.25) is 0 Å². The highest BCUT2D eigenvalue weighted by Crippen LogP contribution is 2.00. The van der Waals surface area contributed by atoms with Gasteiger partial charge < -0.3 is 10.2 Å². The van der Waals surface area contributed by atoms with Crippen molar-refractivity contribution in [3.8, 4) is 0 Å². The lowest BCUT2D eigenvalue weighted by Gasteiger charge is -2.02. The van der Waals surface area contributed by atoms with Crippen molar-refractivity contribution in [1.29, 1.82) is 0 Å². The minimum Gasteiger partial charge on any atom is -0.480 e. The van der Waals surface area contributed by atoms with Crippen molar-refractivity contribution in [1.82, 2.24) is 0 Å². The smallest absolute Gasteiger partial charge is 0.373 e. The predicted octanol–water partition coefficient (Wildman–Crippen LogP) is -1.07. The van der Waals surface area contributed by atoms with E-state index in [0.717, 1.165) is 6.92 Å². The Morgan fingerprint density at radius 1 is 1.08 bits per heavy atom. The Morgan fingerprint density at radius 3 is 1.58 bits per heavy atom. The van der Waals surface area contributed by atoms with Gasteiger partial charge >= 0.3 is 11.9 Å². The van der Waals surface area contributed by atoms with Crippen LogP contribution in [0.1, 0.15) is 6.92 Å². The first-order valence-corrected chi connectivity index (χ1v) is 2.88. The summed E-state index contributed by atoms with van der Waals surface area (Å²) >= 11 is 0. The van der Waals surface area contributed by atoms with Gasteiger partial charge in [0.25, 0.3) is 5.78 Å². The number of carbonyl (C=O) groups is 4. The number of carboxylic acids is 2. The summed E-state index contributed by atoms with van der Waals surface area (Å²) in [7, 11) is 0. The highest BCUT2D eigenvalue weighted by atomic mass is 16.4. The monoisotopic (exact) mass is 174 g/mol. The zero-order chi connectivity index (χ0) is 9.89. The molecule has 2 N–H and O–H groups in total. The molecular formula is C6H6O6. The summed E-state index contributed by atoms with van der Waals surface area (Å²) in [5.74, 6) is -8.35. The maximum absolute atomic E-state index is 10.5. The number of hydrogen-bond acceptors (Lipinski definition) is 4. The van der Waals surface area contributed by atoms with Crippen LogP contribution in [0, 0.1) is 5.92 Å². The van der Waals surface area contributed by atoms with Crippen molar-refractivity contribution in [3.05, 3.63) is 0 Å². The van der Waals surface area contributed by atoms with E-state index < -0.39 is 29.4 Å². The van der Waals surface area contributed by atoms with Crippen LogP contribution in [0.5, 0.6) is 0 Å². The second-order valence-corrected chi connectivity index (χ2v) is 2.05. The number of Topliss-reactive ketones (excluding diaryl/α,β-unsaturated/α-hetero) is 2. The van der Waals surface area contributed by atoms with Crippen LogP contribution in [0.2, 0.25) is 0 Å². The average molecular weight is 174 g/mol. The van der Waals surface area contributed by atoms with Crippen molar-refractivity contribution < 1.29 is 29.4 Å². The summed E-state index contributed by atoms with van der Waals surface area (Å²) < 4.78 is 0. The van der Waals surface area contributed by atoms with E-state index in [9.17, 15) is 19.2 Å². The van der Waals surface area contributed by atoms with Crippen LogP contribution in [0.4, 0.5) is 0 Å². The second-order valence-electron chi connectivity index (χ2n) is 2.05. The Kier molecular flexibility index (Phi) is 3.09. The van der Waals surface area contributed by atoms with Crippen molar-refractivity contribution in [2.45, 2.75) is 6.92 Å². The third-order valence-electron chi connectivity index (χ3n) is 1.13. The molecule has 6 nitrogen and oxygen atoms in total. The molecule has 0 fully saturated rings. The fraction of sp³-hybridized carbons (Fsp3) is 0.333. The molecule has 0 aliphatic heterocycles. The minimum atomic E-state index is -2.08. The fourth-order valence-electron chi connectivity index (χ4n) is 0.594. The van der Waals surface area contributed by atoms with E-state index in [2.05, 4.69) is 0 Å². The van der Waals surface area contributed by atoms with Gasteiger partial charge in [-0.1, -0.05) is 0 Å². The zero-order valence-electron chi connectivity index (χ0n) is 6.10. The maximum atomic E-state index is 10.5. The molecule has 66 valence electrons. The SMILES string of the molecule is CC(=O)C(C(=O)O)C(=O)C(=O)O. The van der Waals surface area contributed by atoms with E-state index in [-0.39, 0.29) is 0 Å². The topological polar surface area (TPSA) is 109 Å². The van der Waals surface area contributed by atoms with Crippen LogP contribution in [-0.4, -0.2) is 33.7 Å². The lowest BCUT2D eigenvalue weighted by atomic mass is 10.0. The number of rotatable bonds is 4. The predicted molar refractivity (Wildman–Crippen MR) is 34.4 cm³/mol. The zero-order valence-corrected chi connectivity index (χ0v) is 6.10. The summed E-state index contributed by atoms with van der Waals surface area (Å²) in [5, 5.41) is 16.3. The first-order valence-electron chi connectivity index (χ1n) is 2.88. The summed E-state index contributed by atoms with van der Waals surface area (Å²) in [6.45, 7) is 0.847. The molecule has 0 spiro atoms. The van der Waals surface area contributed by atoms with E-state index in [4.69, 9.17) is 10.2 Å². The molecule has 0 aromatic heterocycles. The number of ketones is 2. The molecule has 0 amide bonds. The molecule has 0 saturated heterocycles. The molecule has 12 heavy (non-hydrogen) atoms. The van der Waals surface area contributed by atoms with E-state index >= 15 is 0 Å². The lowest BCUT2D eigenvalue weighted by molar-refractivity contribution is -0.159. The van der Waals surface area contributed by atoms with Crippen LogP contribution < -0.4 is 0 Å². The molecule has 6 heteroatoms. The highest BCUT2D eigenvalue weighted by molar-refractivity contribution is 6.42. The third-order valence-corrected chi connectivity index (χ3v) is 1.13. The molecule has 0 aromatic rings. The maximum Gasteiger partial charge on any atom is 0.373 e. The molecule has 0 radical (unpaired) electrons. The minimum absolute atomic E-state index is 0.847. The Hall–Kier alpha value is -1.72. The van der Waals surface area contributed by atoms with Gasteiger partial charge in [0, 0.05) is 0 Å². The fourth-order valence-corrected chi connectivity index (χ4v) is 0.594. The standard InChI is InChI=1S/C6H6O6/c1-2(7)3(5(9)10)4(8)6(11)12/h3H,1H3,(H,9,10)(H,11,12). The largest absolute Gasteiger partial charge is 0.480 e. The summed E-state index contributed by atoms with van der Waals surface area (Å²) in [6.07, 6.45) is 0. The molecule has 1 atom stereocenters. The number of carbonyl (C=O) groups excluding carboxylic acids is 2. The molecule has 0 saturated carbocycles. The van der Waals surface area contributed by atoms with Crippen LogP contribution >= 0.6 is 0 Å². The molecule has 0 rings (SSSR count). The van der Waals surface area contributed by atoms with E-state index in [1.165, 1.54) is 0 Å². The van der Waals surface area contributed by atoms with Crippen molar-refractivity contribution in [2.75, 3.05) is 0 Å². The average Bonchev–Trinajstić information content (AvgIpc) is 1.85. The number of hydrogen-bond donors (Lipinski definition) is 2. The normalized spacial score (nSPS) is 11.8. The molecule has 0 aliphatic rings. The Morgan fingerprint density at radius 2 is 1.50 bits per heavy atom. The van der Waals surface area contributed by atoms with Crippen LogP contribution in [0.25, 0.3) is 0 Å². The van der Waals surface area contributed by atoms with Crippen molar-refractivity contribution in [2.24, 2.45) is 5.92 Å². The molecular weight excluding hydrogens is 168 g/mol. The van der Waals surface area contributed by atoms with Gasteiger partial charge in [-0.3, -0.25) is 14.4 Å². The molecule has 0 bridgehead atoms. The number of carboxylic acid groups (broad SMARTS) is 2. The van der Waals surface area contributed by atoms with E-state index in [0.29, 0.717) is 0 Å². The first kappa shape index (κ1) is 10.3. The molecule has 0 aromatic carbocycles. The van der Waals surface area contributed by atoms with Crippen LogP contribution in [0.3, 0.4) is 0 Å². The van der Waals surface area contributed by atoms with Crippen LogP contribution in [0.15, 0.2) is 0 Å². The van der Waals surface area contributed by atoms with Crippen LogP contribution in [-0.2, 0) is 19.2 Å². The van der Waals surface area contributed by atoms with Gasteiger partial charge in [0.15, 0.2) is 11.7 Å². The van der Waals surface area contributed by atoms with Gasteiger partial charge in [0.1, 0.15) is 0 Å². The van der Waals surface area contributed by atoms with Crippen molar-refractivity contribution in [3.63, 3.8) is 0 Å². The molecule has 0 heterocycles. The van der Waals surface area contributed by atoms with Gasteiger partial charge in [-0.05, 0) is 6.92 Å². The summed E-state index contributed by atoms with van der Waals surface area (Å²) in [6, 6.07) is 0. The molecule has 1 unspecified atom stereocenters. The third kappa shape index (κ3) is 2.15. The summed E-state index contributed by atoms with van der Waals surface area (Å²) in [4.78, 5) is 41.2. The Balaban J connectivity index is 4.76. The molecule has 0 aliphatic carbocycles. The van der Waals surface area contributed by atoms with Gasteiger partial charge in [-0.15, -0.1) is 0 Å². The van der Waals surface area contributed by atoms with E-state index in [1.54, 1.807) is 0 Å². The lowest BCUT2D eigenvalue weighted by Crippen LogP contribution is -2.34. The quantitative estimate of drug-likeness (QED) is 0.415. The van der Waals surface area contributed by atoms with Gasteiger partial charge in [-0.25, -0.2) is 4.79 Å².